The molecule has 2 aromatic carbocycles. The molecule has 1 fully saturated rings. The van der Waals surface area contributed by atoms with E-state index in [1.807, 2.05) is 22.7 Å². The van der Waals surface area contributed by atoms with Crippen molar-refractivity contribution in [3.63, 3.8) is 0 Å². The van der Waals surface area contributed by atoms with Gasteiger partial charge >= 0.3 is 0 Å². The number of rotatable bonds is 6. The van der Waals surface area contributed by atoms with E-state index in [-0.39, 0.29) is 5.56 Å². The largest absolute Gasteiger partial charge is 0.369 e. The highest BCUT2D eigenvalue weighted by atomic mass is 19.1. The van der Waals surface area contributed by atoms with Gasteiger partial charge in [0.2, 0.25) is 0 Å². The summed E-state index contributed by atoms with van der Waals surface area (Å²) in [6.45, 7) is 8.71. The average molecular weight is 473 g/mol. The van der Waals surface area contributed by atoms with Crippen molar-refractivity contribution in [2.75, 3.05) is 36.4 Å². The molecule has 0 atom stereocenters. The van der Waals surface area contributed by atoms with E-state index in [1.54, 1.807) is 12.3 Å². The first-order valence-corrected chi connectivity index (χ1v) is 11.8. The molecule has 0 radical (unpaired) electrons. The van der Waals surface area contributed by atoms with Gasteiger partial charge in [0.25, 0.3) is 5.91 Å². The lowest BCUT2D eigenvalue weighted by molar-refractivity contribution is 0.0996. The van der Waals surface area contributed by atoms with Crippen molar-refractivity contribution in [2.45, 2.75) is 19.9 Å². The van der Waals surface area contributed by atoms with Gasteiger partial charge in [0, 0.05) is 56.0 Å². The standard InChI is InChI=1S/C27H29FN6O/c1-18(2)32-13-15-33(16-14-32)21-6-4-20(5-7-21)31-24-9-10-25(34-12-11-30-27(24)34)19-3-8-23(28)22(17-19)26(29)35/h3-12,17-18,31H,13-16H2,1-2H3,(H2,29,35). The zero-order valence-corrected chi connectivity index (χ0v) is 19.9. The maximum Gasteiger partial charge on any atom is 0.251 e. The molecule has 3 N–H and O–H groups in total. The Hall–Kier alpha value is -3.91. The number of imidazole rings is 1. The fourth-order valence-corrected chi connectivity index (χ4v) is 4.63. The summed E-state index contributed by atoms with van der Waals surface area (Å²) in [7, 11) is 0. The van der Waals surface area contributed by atoms with Crippen molar-refractivity contribution in [1.82, 2.24) is 14.3 Å². The summed E-state index contributed by atoms with van der Waals surface area (Å²) in [4.78, 5) is 21.0. The van der Waals surface area contributed by atoms with Crippen molar-refractivity contribution in [3.8, 4) is 11.3 Å². The fourth-order valence-electron chi connectivity index (χ4n) is 4.63. The van der Waals surface area contributed by atoms with Gasteiger partial charge in [-0.25, -0.2) is 9.37 Å². The third-order valence-electron chi connectivity index (χ3n) is 6.63. The number of primary amides is 1. The van der Waals surface area contributed by atoms with Gasteiger partial charge in [-0.2, -0.15) is 0 Å². The van der Waals surface area contributed by atoms with E-state index < -0.39 is 11.7 Å². The Balaban J connectivity index is 1.36. The second-order valence-electron chi connectivity index (χ2n) is 9.10. The van der Waals surface area contributed by atoms with E-state index in [4.69, 9.17) is 5.73 Å². The molecular formula is C27H29FN6O. The zero-order chi connectivity index (χ0) is 24.5. The molecular weight excluding hydrogens is 443 g/mol. The molecule has 1 aliphatic rings. The van der Waals surface area contributed by atoms with E-state index in [0.717, 1.165) is 48.9 Å². The highest BCUT2D eigenvalue weighted by Gasteiger charge is 2.19. The molecule has 8 heteroatoms. The van der Waals surface area contributed by atoms with E-state index in [1.165, 1.54) is 17.8 Å². The minimum Gasteiger partial charge on any atom is -0.369 e. The minimum absolute atomic E-state index is 0.135. The van der Waals surface area contributed by atoms with Gasteiger partial charge in [-0.1, -0.05) is 0 Å². The molecule has 0 bridgehead atoms. The number of hydrogen-bond acceptors (Lipinski definition) is 5. The molecule has 0 unspecified atom stereocenters. The summed E-state index contributed by atoms with van der Waals surface area (Å²) >= 11 is 0. The number of aromatic nitrogens is 2. The molecule has 3 heterocycles. The Bertz CT molecular complexity index is 1360. The monoisotopic (exact) mass is 472 g/mol. The molecule has 1 amide bonds. The van der Waals surface area contributed by atoms with Crippen LogP contribution in [0.15, 0.2) is 67.0 Å². The molecule has 0 saturated carbocycles. The van der Waals surface area contributed by atoms with Gasteiger partial charge in [0.1, 0.15) is 5.82 Å². The number of nitrogens with one attached hydrogen (secondary N) is 1. The lowest BCUT2D eigenvalue weighted by Crippen LogP contribution is -2.48. The van der Waals surface area contributed by atoms with Crippen LogP contribution in [0.1, 0.15) is 24.2 Å². The van der Waals surface area contributed by atoms with Crippen LogP contribution in [-0.2, 0) is 0 Å². The van der Waals surface area contributed by atoms with Crippen LogP contribution in [0.3, 0.4) is 0 Å². The number of amides is 1. The van der Waals surface area contributed by atoms with E-state index >= 15 is 0 Å². The van der Waals surface area contributed by atoms with Gasteiger partial charge in [-0.05, 0) is 74.0 Å². The fraction of sp³-hybridized carbons (Fsp3) is 0.259. The van der Waals surface area contributed by atoms with Gasteiger partial charge < -0.3 is 16.0 Å². The molecule has 1 aliphatic heterocycles. The first-order chi connectivity index (χ1) is 16.9. The summed E-state index contributed by atoms with van der Waals surface area (Å²) < 4.78 is 15.9. The number of nitrogens with zero attached hydrogens (tertiary/aromatic N) is 4. The van der Waals surface area contributed by atoms with Crippen LogP contribution in [0.2, 0.25) is 0 Å². The lowest BCUT2D eigenvalue weighted by atomic mass is 10.1. The van der Waals surface area contributed by atoms with Gasteiger partial charge in [-0.15, -0.1) is 0 Å². The van der Waals surface area contributed by atoms with Crippen LogP contribution in [0.4, 0.5) is 21.5 Å². The number of carbonyl (C=O) groups is 1. The first-order valence-electron chi connectivity index (χ1n) is 11.8. The number of benzene rings is 2. The normalized spacial score (nSPS) is 14.6. The summed E-state index contributed by atoms with van der Waals surface area (Å²) in [6.07, 6.45) is 3.55. The van der Waals surface area contributed by atoms with Crippen LogP contribution in [-0.4, -0.2) is 52.4 Å². The first kappa shape index (κ1) is 22.9. The highest BCUT2D eigenvalue weighted by Crippen LogP contribution is 2.29. The summed E-state index contributed by atoms with van der Waals surface area (Å²) in [6, 6.07) is 17.2. The Morgan fingerprint density at radius 1 is 1.03 bits per heavy atom. The van der Waals surface area contributed by atoms with Crippen LogP contribution in [0.25, 0.3) is 16.9 Å². The molecule has 7 nitrogen and oxygen atoms in total. The average Bonchev–Trinajstić information content (AvgIpc) is 3.36. The number of pyridine rings is 1. The third kappa shape index (κ3) is 4.57. The second-order valence-corrected chi connectivity index (χ2v) is 9.10. The maximum absolute atomic E-state index is 14.0. The third-order valence-corrected chi connectivity index (χ3v) is 6.63. The smallest absolute Gasteiger partial charge is 0.251 e. The number of nitrogens with two attached hydrogens (primary N) is 1. The van der Waals surface area contributed by atoms with Gasteiger partial charge in [0.15, 0.2) is 5.65 Å². The number of fused-ring (bicyclic) bond motifs is 1. The number of piperazine rings is 1. The number of halogens is 1. The molecule has 0 aliphatic carbocycles. The topological polar surface area (TPSA) is 78.9 Å². The Morgan fingerprint density at radius 3 is 2.46 bits per heavy atom. The molecule has 1 saturated heterocycles. The number of anilines is 3. The van der Waals surface area contributed by atoms with Crippen molar-refractivity contribution >= 4 is 28.6 Å². The summed E-state index contributed by atoms with van der Waals surface area (Å²) in [5.41, 5.74) is 10.4. The number of hydrogen-bond donors (Lipinski definition) is 2. The highest BCUT2D eigenvalue weighted by molar-refractivity contribution is 5.94. The van der Waals surface area contributed by atoms with Crippen molar-refractivity contribution in [3.05, 3.63) is 78.4 Å². The SMILES string of the molecule is CC(C)N1CCN(c2ccc(Nc3ccc(-c4ccc(F)c(C(N)=O)c4)n4ccnc34)cc2)CC1. The molecule has 4 aromatic rings. The molecule has 0 spiro atoms. The summed E-state index contributed by atoms with van der Waals surface area (Å²) in [5.74, 6) is -1.43. The minimum atomic E-state index is -0.797. The van der Waals surface area contributed by atoms with Crippen LogP contribution in [0, 0.1) is 5.82 Å². The Kier molecular flexibility index (Phi) is 6.13. The second kappa shape index (κ2) is 9.38. The molecule has 180 valence electrons. The van der Waals surface area contributed by atoms with E-state index in [9.17, 15) is 9.18 Å². The number of carbonyl (C=O) groups excluding carboxylic acids is 1. The predicted molar refractivity (Wildman–Crippen MR) is 138 cm³/mol. The lowest BCUT2D eigenvalue weighted by Gasteiger charge is -2.38. The van der Waals surface area contributed by atoms with Crippen LogP contribution >= 0.6 is 0 Å². The van der Waals surface area contributed by atoms with Crippen LogP contribution < -0.4 is 16.0 Å². The van der Waals surface area contributed by atoms with Crippen molar-refractivity contribution < 1.29 is 9.18 Å². The van der Waals surface area contributed by atoms with Gasteiger partial charge in [0.05, 0.1) is 16.9 Å². The summed E-state index contributed by atoms with van der Waals surface area (Å²) in [5, 5.41) is 3.46. The van der Waals surface area contributed by atoms with Crippen LogP contribution in [0.5, 0.6) is 0 Å². The zero-order valence-electron chi connectivity index (χ0n) is 19.9. The Labute approximate surface area is 204 Å². The van der Waals surface area contributed by atoms with Crippen molar-refractivity contribution in [1.29, 1.82) is 0 Å². The van der Waals surface area contributed by atoms with Gasteiger partial charge in [-0.3, -0.25) is 14.1 Å². The molecule has 2 aromatic heterocycles. The predicted octanol–water partition coefficient (Wildman–Crippen LogP) is 4.51. The van der Waals surface area contributed by atoms with E-state index in [0.29, 0.717) is 11.6 Å². The Morgan fingerprint density at radius 2 is 1.77 bits per heavy atom. The van der Waals surface area contributed by atoms with Crippen molar-refractivity contribution in [2.24, 2.45) is 5.73 Å². The van der Waals surface area contributed by atoms with E-state index in [2.05, 4.69) is 58.2 Å². The maximum atomic E-state index is 14.0. The molecule has 5 rings (SSSR count). The molecule has 35 heavy (non-hydrogen) atoms. The quantitative estimate of drug-likeness (QED) is 0.432.